The molecule has 1 heterocycles. The van der Waals surface area contributed by atoms with E-state index in [-0.39, 0.29) is 11.9 Å². The number of hydrogen-bond donors (Lipinski definition) is 1. The highest BCUT2D eigenvalue weighted by Crippen LogP contribution is 2.06. The van der Waals surface area contributed by atoms with Crippen molar-refractivity contribution in [1.29, 1.82) is 0 Å². The van der Waals surface area contributed by atoms with E-state index >= 15 is 0 Å². The summed E-state index contributed by atoms with van der Waals surface area (Å²) in [6, 6.07) is 3.55. The van der Waals surface area contributed by atoms with Gasteiger partial charge in [-0.3, -0.25) is 4.79 Å². The molecule has 0 aliphatic carbocycles. The van der Waals surface area contributed by atoms with Gasteiger partial charge in [-0.2, -0.15) is 0 Å². The molecule has 1 amide bonds. The van der Waals surface area contributed by atoms with Crippen LogP contribution in [0.1, 0.15) is 19.6 Å². The standard InChI is InChI=1S/C11H18N2O2/c1-4-13(11(14)9(2)12-3)8-10-6-5-7-15-10/h5-7,9,12H,4,8H2,1-3H3. The van der Waals surface area contributed by atoms with Crippen LogP contribution < -0.4 is 5.32 Å². The highest BCUT2D eigenvalue weighted by atomic mass is 16.3. The van der Waals surface area contributed by atoms with Gasteiger partial charge in [0, 0.05) is 6.54 Å². The van der Waals surface area contributed by atoms with Crippen molar-refractivity contribution in [1.82, 2.24) is 10.2 Å². The van der Waals surface area contributed by atoms with Crippen molar-refractivity contribution in [2.45, 2.75) is 26.4 Å². The minimum absolute atomic E-state index is 0.0939. The van der Waals surface area contributed by atoms with Gasteiger partial charge in [0.25, 0.3) is 0 Å². The van der Waals surface area contributed by atoms with E-state index in [2.05, 4.69) is 5.32 Å². The highest BCUT2D eigenvalue weighted by molar-refractivity contribution is 5.81. The Morgan fingerprint density at radius 1 is 1.67 bits per heavy atom. The minimum atomic E-state index is -0.153. The zero-order valence-corrected chi connectivity index (χ0v) is 9.49. The molecular formula is C11H18N2O2. The van der Waals surface area contributed by atoms with Crippen LogP contribution in [0.2, 0.25) is 0 Å². The summed E-state index contributed by atoms with van der Waals surface area (Å²) in [7, 11) is 1.78. The Bertz CT molecular complexity index is 296. The van der Waals surface area contributed by atoms with Gasteiger partial charge in [0.2, 0.25) is 5.91 Å². The number of likely N-dealkylation sites (N-methyl/N-ethyl adjacent to an activating group) is 2. The number of carbonyl (C=O) groups is 1. The Kier molecular flexibility index (Phi) is 4.37. The first kappa shape index (κ1) is 11.8. The van der Waals surface area contributed by atoms with Crippen molar-refractivity contribution in [2.24, 2.45) is 0 Å². The van der Waals surface area contributed by atoms with Crippen molar-refractivity contribution < 1.29 is 9.21 Å². The molecule has 15 heavy (non-hydrogen) atoms. The summed E-state index contributed by atoms with van der Waals surface area (Å²) in [6.45, 7) is 5.04. The number of hydrogen-bond acceptors (Lipinski definition) is 3. The number of amides is 1. The summed E-state index contributed by atoms with van der Waals surface area (Å²) in [5.74, 6) is 0.907. The van der Waals surface area contributed by atoms with Crippen molar-refractivity contribution in [3.8, 4) is 0 Å². The lowest BCUT2D eigenvalue weighted by molar-refractivity contribution is -0.133. The van der Waals surface area contributed by atoms with Crippen LogP contribution in [0.5, 0.6) is 0 Å². The molecule has 0 bridgehead atoms. The maximum absolute atomic E-state index is 11.9. The predicted molar refractivity (Wildman–Crippen MR) is 58.3 cm³/mol. The van der Waals surface area contributed by atoms with Gasteiger partial charge in [0.15, 0.2) is 0 Å². The van der Waals surface area contributed by atoms with Crippen LogP contribution in [0.4, 0.5) is 0 Å². The van der Waals surface area contributed by atoms with Crippen LogP contribution in [0, 0.1) is 0 Å². The highest BCUT2D eigenvalue weighted by Gasteiger charge is 2.18. The molecule has 84 valence electrons. The summed E-state index contributed by atoms with van der Waals surface area (Å²) in [5.41, 5.74) is 0. The van der Waals surface area contributed by atoms with Gasteiger partial charge >= 0.3 is 0 Å². The van der Waals surface area contributed by atoms with E-state index in [1.807, 2.05) is 26.0 Å². The molecule has 0 radical (unpaired) electrons. The summed E-state index contributed by atoms with van der Waals surface area (Å²) in [5, 5.41) is 2.94. The maximum Gasteiger partial charge on any atom is 0.239 e. The Balaban J connectivity index is 2.60. The summed E-state index contributed by atoms with van der Waals surface area (Å²) >= 11 is 0. The normalized spacial score (nSPS) is 12.5. The topological polar surface area (TPSA) is 45.5 Å². The molecule has 1 aromatic rings. The largest absolute Gasteiger partial charge is 0.467 e. The zero-order valence-electron chi connectivity index (χ0n) is 9.49. The summed E-state index contributed by atoms with van der Waals surface area (Å²) in [4.78, 5) is 13.6. The molecule has 0 aliphatic rings. The first-order valence-corrected chi connectivity index (χ1v) is 5.17. The van der Waals surface area contributed by atoms with Gasteiger partial charge in [0.1, 0.15) is 5.76 Å². The SMILES string of the molecule is CCN(Cc1ccco1)C(=O)C(C)NC. The van der Waals surface area contributed by atoms with E-state index in [1.54, 1.807) is 18.2 Å². The third kappa shape index (κ3) is 3.09. The molecule has 1 atom stereocenters. The van der Waals surface area contributed by atoms with Crippen LogP contribution in [0.15, 0.2) is 22.8 Å². The number of nitrogens with one attached hydrogen (secondary N) is 1. The molecule has 0 saturated heterocycles. The molecule has 1 aromatic heterocycles. The van der Waals surface area contributed by atoms with E-state index in [0.29, 0.717) is 13.1 Å². The first-order chi connectivity index (χ1) is 7.19. The van der Waals surface area contributed by atoms with E-state index < -0.39 is 0 Å². The number of carbonyl (C=O) groups excluding carboxylic acids is 1. The van der Waals surface area contributed by atoms with Crippen LogP contribution in [0.3, 0.4) is 0 Å². The molecule has 0 aliphatic heterocycles. The fourth-order valence-electron chi connectivity index (χ4n) is 1.33. The molecule has 0 saturated carbocycles. The van der Waals surface area contributed by atoms with Crippen molar-refractivity contribution in [3.05, 3.63) is 24.2 Å². The monoisotopic (exact) mass is 210 g/mol. The van der Waals surface area contributed by atoms with Crippen LogP contribution in [-0.2, 0) is 11.3 Å². The molecule has 0 aromatic carbocycles. The second-order valence-corrected chi connectivity index (χ2v) is 3.44. The van der Waals surface area contributed by atoms with Crippen molar-refractivity contribution >= 4 is 5.91 Å². The predicted octanol–water partition coefficient (Wildman–Crippen LogP) is 1.24. The minimum Gasteiger partial charge on any atom is -0.467 e. The van der Waals surface area contributed by atoms with E-state index in [9.17, 15) is 4.79 Å². The van der Waals surface area contributed by atoms with Crippen molar-refractivity contribution in [3.63, 3.8) is 0 Å². The van der Waals surface area contributed by atoms with Crippen molar-refractivity contribution in [2.75, 3.05) is 13.6 Å². The second-order valence-electron chi connectivity index (χ2n) is 3.44. The van der Waals surface area contributed by atoms with Gasteiger partial charge in [-0.25, -0.2) is 0 Å². The summed E-state index contributed by atoms with van der Waals surface area (Å²) < 4.78 is 5.22. The Hall–Kier alpha value is -1.29. The number of rotatable bonds is 5. The summed E-state index contributed by atoms with van der Waals surface area (Å²) in [6.07, 6.45) is 1.62. The van der Waals surface area contributed by atoms with Crippen LogP contribution >= 0.6 is 0 Å². The van der Waals surface area contributed by atoms with Gasteiger partial charge in [0.05, 0.1) is 18.8 Å². The second kappa shape index (κ2) is 5.56. The molecule has 4 nitrogen and oxygen atoms in total. The maximum atomic E-state index is 11.9. The third-order valence-electron chi connectivity index (χ3n) is 2.42. The molecule has 1 N–H and O–H groups in total. The van der Waals surface area contributed by atoms with Crippen LogP contribution in [0.25, 0.3) is 0 Å². The average Bonchev–Trinajstić information content (AvgIpc) is 2.76. The van der Waals surface area contributed by atoms with E-state index in [1.165, 1.54) is 0 Å². The fraction of sp³-hybridized carbons (Fsp3) is 0.545. The molecular weight excluding hydrogens is 192 g/mol. The molecule has 0 spiro atoms. The average molecular weight is 210 g/mol. The lowest BCUT2D eigenvalue weighted by atomic mass is 10.2. The lowest BCUT2D eigenvalue weighted by Gasteiger charge is -2.23. The van der Waals surface area contributed by atoms with Gasteiger partial charge in [-0.1, -0.05) is 0 Å². The molecule has 1 unspecified atom stereocenters. The van der Waals surface area contributed by atoms with E-state index in [0.717, 1.165) is 5.76 Å². The fourth-order valence-corrected chi connectivity index (χ4v) is 1.33. The first-order valence-electron chi connectivity index (χ1n) is 5.17. The smallest absolute Gasteiger partial charge is 0.239 e. The van der Waals surface area contributed by atoms with Gasteiger partial charge in [-0.05, 0) is 33.0 Å². The van der Waals surface area contributed by atoms with E-state index in [4.69, 9.17) is 4.42 Å². The Labute approximate surface area is 90.3 Å². The lowest BCUT2D eigenvalue weighted by Crippen LogP contribution is -2.43. The van der Waals surface area contributed by atoms with Crippen LogP contribution in [-0.4, -0.2) is 30.4 Å². The molecule has 0 fully saturated rings. The molecule has 4 heteroatoms. The Morgan fingerprint density at radius 3 is 2.87 bits per heavy atom. The third-order valence-corrected chi connectivity index (χ3v) is 2.42. The Morgan fingerprint density at radius 2 is 2.40 bits per heavy atom. The quantitative estimate of drug-likeness (QED) is 0.795. The number of nitrogens with zero attached hydrogens (tertiary/aromatic N) is 1. The van der Waals surface area contributed by atoms with Gasteiger partial charge < -0.3 is 14.6 Å². The zero-order chi connectivity index (χ0) is 11.3. The molecule has 1 rings (SSSR count). The number of furan rings is 1. The van der Waals surface area contributed by atoms with Gasteiger partial charge in [-0.15, -0.1) is 0 Å².